The van der Waals surface area contributed by atoms with Crippen molar-refractivity contribution in [1.82, 2.24) is 24.0 Å². The van der Waals surface area contributed by atoms with E-state index in [9.17, 15) is 9.59 Å². The third-order valence-electron chi connectivity index (χ3n) is 10.4. The van der Waals surface area contributed by atoms with Gasteiger partial charge in [-0.2, -0.15) is 0 Å². The Morgan fingerprint density at radius 1 is 1.07 bits per heavy atom. The molecule has 2 unspecified atom stereocenters. The molecule has 9 rings (SSSR count). The average molecular weight is 603 g/mol. The molecule has 4 aliphatic rings. The standard InChI is InChI=1S/C35H34N6O4/c1-39-31-26(12-23(14-29(31)44-2)34(42)41-16-21-8-10-27(41)30(21)36)38-33(39)28-13-20-7-9-25(37-32(20)40(28)15-18-3-4-18)19-5-6-22-17-45-35(43)24(22)11-19/h5-7,9,11-14,18,21,27,30H,3-4,8,10,15-17,36H2,1-2H3/t21?,27?,30-/m1/s1. The minimum absolute atomic E-state index is 0.00977. The van der Waals surface area contributed by atoms with E-state index in [1.54, 1.807) is 7.11 Å². The summed E-state index contributed by atoms with van der Waals surface area (Å²) in [5.41, 5.74) is 13.6. The fourth-order valence-corrected chi connectivity index (χ4v) is 7.76. The number of imidazole rings is 1. The van der Waals surface area contributed by atoms with Gasteiger partial charge in [-0.1, -0.05) is 12.1 Å². The highest BCUT2D eigenvalue weighted by Crippen LogP contribution is 2.40. The van der Waals surface area contributed by atoms with Gasteiger partial charge in [0, 0.05) is 54.3 Å². The number of hydrogen-bond donors (Lipinski definition) is 1. The maximum atomic E-state index is 13.7. The van der Waals surface area contributed by atoms with Crippen molar-refractivity contribution in [2.75, 3.05) is 13.7 Å². The molecule has 228 valence electrons. The van der Waals surface area contributed by atoms with Crippen LogP contribution >= 0.6 is 0 Å². The maximum absolute atomic E-state index is 13.7. The number of methoxy groups -OCH3 is 1. The number of esters is 1. The molecule has 2 aliphatic heterocycles. The number of cyclic esters (lactones) is 1. The first-order chi connectivity index (χ1) is 21.9. The molecule has 2 N–H and O–H groups in total. The fourth-order valence-electron chi connectivity index (χ4n) is 7.76. The monoisotopic (exact) mass is 602 g/mol. The van der Waals surface area contributed by atoms with Crippen LogP contribution in [0.5, 0.6) is 5.75 Å². The Morgan fingerprint density at radius 3 is 2.69 bits per heavy atom. The van der Waals surface area contributed by atoms with Crippen LogP contribution in [0, 0.1) is 11.8 Å². The molecule has 5 aromatic rings. The van der Waals surface area contributed by atoms with E-state index in [4.69, 9.17) is 25.2 Å². The first-order valence-electron chi connectivity index (χ1n) is 15.8. The molecule has 0 spiro atoms. The van der Waals surface area contributed by atoms with Crippen molar-refractivity contribution in [3.05, 3.63) is 65.2 Å². The molecule has 1 amide bonds. The highest BCUT2D eigenvalue weighted by atomic mass is 16.5. The summed E-state index contributed by atoms with van der Waals surface area (Å²) in [5, 5.41) is 1.02. The number of carbonyl (C=O) groups excluding carboxylic acids is 2. The normalized spacial score (nSPS) is 22.1. The van der Waals surface area contributed by atoms with Crippen molar-refractivity contribution < 1.29 is 19.1 Å². The molecule has 2 bridgehead atoms. The van der Waals surface area contributed by atoms with Crippen LogP contribution in [-0.2, 0) is 24.9 Å². The number of aromatic nitrogens is 4. The predicted molar refractivity (Wildman–Crippen MR) is 169 cm³/mol. The summed E-state index contributed by atoms with van der Waals surface area (Å²) >= 11 is 0. The number of fused-ring (bicyclic) bond motifs is 5. The molecule has 10 heteroatoms. The molecular formula is C35H34N6O4. The van der Waals surface area contributed by atoms with Gasteiger partial charge in [0.2, 0.25) is 0 Å². The van der Waals surface area contributed by atoms with Gasteiger partial charge in [-0.15, -0.1) is 0 Å². The van der Waals surface area contributed by atoms with Crippen molar-refractivity contribution in [2.45, 2.75) is 50.9 Å². The molecule has 3 atom stereocenters. The maximum Gasteiger partial charge on any atom is 0.338 e. The molecule has 45 heavy (non-hydrogen) atoms. The second-order valence-corrected chi connectivity index (χ2v) is 13.1. The summed E-state index contributed by atoms with van der Waals surface area (Å²) in [6.07, 6.45) is 4.44. The van der Waals surface area contributed by atoms with E-state index in [1.165, 1.54) is 12.8 Å². The Kier molecular flexibility index (Phi) is 5.72. The van der Waals surface area contributed by atoms with Gasteiger partial charge in [-0.25, -0.2) is 14.8 Å². The van der Waals surface area contributed by atoms with Gasteiger partial charge in [0.15, 0.2) is 5.82 Å². The highest BCUT2D eigenvalue weighted by Gasteiger charge is 2.47. The van der Waals surface area contributed by atoms with Crippen LogP contribution in [0.4, 0.5) is 0 Å². The van der Waals surface area contributed by atoms with Crippen molar-refractivity contribution in [3.63, 3.8) is 0 Å². The summed E-state index contributed by atoms with van der Waals surface area (Å²) in [7, 11) is 3.63. The summed E-state index contributed by atoms with van der Waals surface area (Å²) in [4.78, 5) is 38.2. The van der Waals surface area contributed by atoms with E-state index in [2.05, 4.69) is 21.3 Å². The van der Waals surface area contributed by atoms with Gasteiger partial charge in [0.05, 0.1) is 29.6 Å². The lowest BCUT2D eigenvalue weighted by Crippen LogP contribution is -2.41. The zero-order chi connectivity index (χ0) is 30.6. The number of benzene rings is 2. The molecule has 0 radical (unpaired) electrons. The summed E-state index contributed by atoms with van der Waals surface area (Å²) < 4.78 is 15.4. The molecule has 1 saturated heterocycles. The van der Waals surface area contributed by atoms with Gasteiger partial charge in [0.1, 0.15) is 23.5 Å². The van der Waals surface area contributed by atoms with Gasteiger partial charge >= 0.3 is 5.97 Å². The highest BCUT2D eigenvalue weighted by molar-refractivity contribution is 6.00. The number of nitrogens with two attached hydrogens (primary N) is 1. The Labute approximate surface area is 259 Å². The number of aryl methyl sites for hydroxylation is 1. The fraction of sp³-hybridized carbons (Fsp3) is 0.371. The quantitative estimate of drug-likeness (QED) is 0.275. The minimum atomic E-state index is -0.286. The number of ether oxygens (including phenoxy) is 2. The summed E-state index contributed by atoms with van der Waals surface area (Å²) in [6.45, 7) is 1.87. The number of likely N-dealkylation sites (tertiary alicyclic amines) is 1. The molecular weight excluding hydrogens is 568 g/mol. The molecule has 10 nitrogen and oxygen atoms in total. The van der Waals surface area contributed by atoms with E-state index in [0.717, 1.165) is 64.3 Å². The van der Waals surface area contributed by atoms with Crippen molar-refractivity contribution in [3.8, 4) is 28.5 Å². The lowest BCUT2D eigenvalue weighted by atomic mass is 10.0. The number of hydrogen-bond acceptors (Lipinski definition) is 7. The van der Waals surface area contributed by atoms with E-state index < -0.39 is 0 Å². The lowest BCUT2D eigenvalue weighted by Gasteiger charge is -2.27. The summed E-state index contributed by atoms with van der Waals surface area (Å²) in [5.74, 6) is 2.08. The first-order valence-corrected chi connectivity index (χ1v) is 15.8. The number of amides is 1. The topological polar surface area (TPSA) is 118 Å². The van der Waals surface area contributed by atoms with E-state index in [1.807, 2.05) is 48.3 Å². The zero-order valence-corrected chi connectivity index (χ0v) is 25.3. The van der Waals surface area contributed by atoms with Crippen LogP contribution in [-0.4, -0.2) is 61.6 Å². The zero-order valence-electron chi connectivity index (χ0n) is 25.3. The van der Waals surface area contributed by atoms with Gasteiger partial charge in [0.25, 0.3) is 5.91 Å². The van der Waals surface area contributed by atoms with Crippen LogP contribution in [0.1, 0.15) is 52.0 Å². The van der Waals surface area contributed by atoms with Crippen molar-refractivity contribution >= 4 is 33.9 Å². The van der Waals surface area contributed by atoms with Crippen LogP contribution in [0.2, 0.25) is 0 Å². The lowest BCUT2D eigenvalue weighted by molar-refractivity contribution is 0.0534. The van der Waals surface area contributed by atoms with Crippen LogP contribution in [0.25, 0.3) is 44.8 Å². The molecule has 2 aromatic carbocycles. The van der Waals surface area contributed by atoms with Crippen LogP contribution < -0.4 is 10.5 Å². The van der Waals surface area contributed by atoms with Gasteiger partial charge in [-0.3, -0.25) is 4.79 Å². The second-order valence-electron chi connectivity index (χ2n) is 13.1. The predicted octanol–water partition coefficient (Wildman–Crippen LogP) is 4.91. The second kappa shape index (κ2) is 9.65. The Balaban J connectivity index is 1.15. The number of piperidine rings is 1. The minimum Gasteiger partial charge on any atom is -0.494 e. The number of pyridine rings is 1. The Bertz CT molecular complexity index is 2070. The Hall–Kier alpha value is -4.70. The third kappa shape index (κ3) is 4.04. The molecule has 2 aliphatic carbocycles. The third-order valence-corrected chi connectivity index (χ3v) is 10.4. The smallest absolute Gasteiger partial charge is 0.338 e. The summed E-state index contributed by atoms with van der Waals surface area (Å²) in [6, 6.07) is 16.0. The molecule has 2 saturated carbocycles. The van der Waals surface area contributed by atoms with E-state index in [-0.39, 0.29) is 24.0 Å². The number of rotatable bonds is 6. The average Bonchev–Trinajstić information content (AvgIpc) is 3.26. The van der Waals surface area contributed by atoms with Crippen molar-refractivity contribution in [1.29, 1.82) is 0 Å². The SMILES string of the molecule is COc1cc(C(=O)N2CC3CCC2[C@@H]3N)cc2nc(-c3cc4ccc(-c5ccc6c(c5)C(=O)OC6)nc4n3CC3CC3)n(C)c12. The van der Waals surface area contributed by atoms with Crippen LogP contribution in [0.3, 0.4) is 0 Å². The molecule has 3 aromatic heterocycles. The largest absolute Gasteiger partial charge is 0.494 e. The first kappa shape index (κ1) is 26.7. The number of carbonyl (C=O) groups is 2. The van der Waals surface area contributed by atoms with E-state index in [0.29, 0.717) is 47.4 Å². The van der Waals surface area contributed by atoms with Crippen LogP contribution in [0.15, 0.2) is 48.5 Å². The van der Waals surface area contributed by atoms with Gasteiger partial charge in [-0.05, 0) is 73.9 Å². The molecule has 3 fully saturated rings. The Morgan fingerprint density at radius 2 is 1.93 bits per heavy atom. The van der Waals surface area contributed by atoms with Gasteiger partial charge < -0.3 is 29.2 Å². The van der Waals surface area contributed by atoms with E-state index >= 15 is 0 Å². The number of nitrogens with zero attached hydrogens (tertiary/aromatic N) is 5. The molecule has 5 heterocycles. The van der Waals surface area contributed by atoms with Crippen molar-refractivity contribution in [2.24, 2.45) is 24.6 Å².